The van der Waals surface area contributed by atoms with Crippen LogP contribution in [0.3, 0.4) is 0 Å². The zero-order valence-electron chi connectivity index (χ0n) is 20.5. The first kappa shape index (κ1) is 21.5. The molecular formula is C31H32N2. The van der Waals surface area contributed by atoms with Crippen LogP contribution in [0.2, 0.25) is 0 Å². The lowest BCUT2D eigenvalue weighted by Gasteiger charge is -2.22. The summed E-state index contributed by atoms with van der Waals surface area (Å²) in [5.41, 5.74) is 7.28. The Labute approximate surface area is 196 Å². The van der Waals surface area contributed by atoms with Crippen molar-refractivity contribution in [1.29, 1.82) is 0 Å². The van der Waals surface area contributed by atoms with E-state index in [4.69, 9.17) is 0 Å². The first-order valence-electron chi connectivity index (χ1n) is 11.7. The normalized spacial score (nSPS) is 12.5. The van der Waals surface area contributed by atoms with Crippen LogP contribution in [0.1, 0.15) is 52.7 Å². The van der Waals surface area contributed by atoms with Crippen molar-refractivity contribution in [2.45, 2.75) is 52.4 Å². The Balaban J connectivity index is 1.82. The van der Waals surface area contributed by atoms with E-state index in [2.05, 4.69) is 106 Å². The van der Waals surface area contributed by atoms with E-state index in [1.54, 1.807) is 0 Å². The molecule has 0 atom stereocenters. The summed E-state index contributed by atoms with van der Waals surface area (Å²) in [6.45, 7) is 13.6. The quantitative estimate of drug-likeness (QED) is 0.278. The molecule has 0 bridgehead atoms. The summed E-state index contributed by atoms with van der Waals surface area (Å²) in [6.07, 6.45) is 1.84. The van der Waals surface area contributed by atoms with Crippen LogP contribution in [0.15, 0.2) is 79.0 Å². The Morgan fingerprint density at radius 2 is 1.30 bits per heavy atom. The molecule has 5 rings (SSSR count). The molecule has 2 heterocycles. The third-order valence-corrected chi connectivity index (χ3v) is 6.58. The van der Waals surface area contributed by atoms with Gasteiger partial charge in [-0.3, -0.25) is 4.98 Å². The van der Waals surface area contributed by atoms with Gasteiger partial charge in [0.1, 0.15) is 0 Å². The number of nitrogens with zero attached hydrogens (tertiary/aromatic N) is 1. The molecule has 0 amide bonds. The maximum absolute atomic E-state index is 4.53. The average molecular weight is 433 g/mol. The second-order valence-corrected chi connectivity index (χ2v) is 11.1. The van der Waals surface area contributed by atoms with Crippen LogP contribution in [0.4, 0.5) is 0 Å². The summed E-state index contributed by atoms with van der Waals surface area (Å²) in [5, 5.41) is 5.11. The molecule has 0 aliphatic rings. The van der Waals surface area contributed by atoms with Crippen molar-refractivity contribution < 1.29 is 0 Å². The first-order valence-corrected chi connectivity index (χ1v) is 11.7. The topological polar surface area (TPSA) is 28.7 Å². The van der Waals surface area contributed by atoms with Crippen LogP contribution in [0.5, 0.6) is 0 Å². The van der Waals surface area contributed by atoms with E-state index in [1.807, 2.05) is 24.4 Å². The molecule has 2 aromatic heterocycles. The van der Waals surface area contributed by atoms with Gasteiger partial charge >= 0.3 is 0 Å². The molecule has 0 saturated heterocycles. The van der Waals surface area contributed by atoms with Crippen molar-refractivity contribution in [2.24, 2.45) is 0 Å². The molecule has 166 valence electrons. The maximum atomic E-state index is 4.53. The third kappa shape index (κ3) is 3.95. The van der Waals surface area contributed by atoms with Gasteiger partial charge in [0.15, 0.2) is 0 Å². The van der Waals surface area contributed by atoms with E-state index in [0.717, 1.165) is 17.1 Å². The zero-order chi connectivity index (χ0) is 23.4. The van der Waals surface area contributed by atoms with Crippen molar-refractivity contribution in [2.75, 3.05) is 0 Å². The number of fused-ring (bicyclic) bond motifs is 2. The van der Waals surface area contributed by atoms with E-state index >= 15 is 0 Å². The molecule has 1 N–H and O–H groups in total. The molecule has 2 heteroatoms. The van der Waals surface area contributed by atoms with Gasteiger partial charge in [-0.1, -0.05) is 77.9 Å². The summed E-state index contributed by atoms with van der Waals surface area (Å²) in [5.74, 6) is 0. The molecule has 0 unspecified atom stereocenters. The van der Waals surface area contributed by atoms with Gasteiger partial charge in [0.25, 0.3) is 0 Å². The highest BCUT2D eigenvalue weighted by Crippen LogP contribution is 2.40. The van der Waals surface area contributed by atoms with Crippen LogP contribution in [0.25, 0.3) is 44.2 Å². The second kappa shape index (κ2) is 7.59. The van der Waals surface area contributed by atoms with Crippen LogP contribution in [0, 0.1) is 0 Å². The van der Waals surface area contributed by atoms with E-state index in [0.29, 0.717) is 0 Å². The number of hydrogen-bond donors (Lipinski definition) is 1. The molecule has 0 radical (unpaired) electrons. The minimum Gasteiger partial charge on any atom is -0.353 e. The fourth-order valence-electron chi connectivity index (χ4n) is 4.56. The number of rotatable bonds is 2. The van der Waals surface area contributed by atoms with Gasteiger partial charge in [0, 0.05) is 17.5 Å². The fourth-order valence-corrected chi connectivity index (χ4v) is 4.56. The number of H-pyrrole nitrogens is 1. The van der Waals surface area contributed by atoms with Crippen LogP contribution < -0.4 is 0 Å². The number of aromatic nitrogens is 2. The van der Waals surface area contributed by atoms with Gasteiger partial charge in [-0.2, -0.15) is 0 Å². The number of nitrogens with one attached hydrogen (secondary N) is 1. The van der Waals surface area contributed by atoms with E-state index in [-0.39, 0.29) is 10.8 Å². The standard InChI is InChI=1S/C31H32N2/c1-30(2,3)22-12-13-24-21(18-22)17-20-10-11-23(31(4,5)6)19-25(20)29(24)28-15-14-27(33-28)26-9-7-8-16-32-26/h7-19,33H,1-6H3. The number of pyridine rings is 1. The smallest absolute Gasteiger partial charge is 0.0864 e. The van der Waals surface area contributed by atoms with Gasteiger partial charge < -0.3 is 4.98 Å². The number of benzene rings is 3. The summed E-state index contributed by atoms with van der Waals surface area (Å²) in [4.78, 5) is 8.21. The SMILES string of the molecule is CC(C)(C)c1ccc2c(-c3ccc(-c4ccccn4)[nH]3)c3cc(C(C)(C)C)ccc3cc2c1. The summed E-state index contributed by atoms with van der Waals surface area (Å²) in [6, 6.07) is 26.6. The van der Waals surface area contributed by atoms with E-state index < -0.39 is 0 Å². The van der Waals surface area contributed by atoms with Gasteiger partial charge in [0.05, 0.1) is 11.4 Å². The Morgan fingerprint density at radius 3 is 2.00 bits per heavy atom. The predicted octanol–water partition coefficient (Wildman–Crippen LogP) is 8.65. The van der Waals surface area contributed by atoms with Crippen molar-refractivity contribution in [3.63, 3.8) is 0 Å². The van der Waals surface area contributed by atoms with Crippen molar-refractivity contribution >= 4 is 21.5 Å². The molecular weight excluding hydrogens is 400 g/mol. The highest BCUT2D eigenvalue weighted by Gasteiger charge is 2.19. The summed E-state index contributed by atoms with van der Waals surface area (Å²) >= 11 is 0. The van der Waals surface area contributed by atoms with Crippen molar-refractivity contribution in [3.8, 4) is 22.6 Å². The molecule has 0 spiro atoms. The second-order valence-electron chi connectivity index (χ2n) is 11.1. The largest absolute Gasteiger partial charge is 0.353 e. The van der Waals surface area contributed by atoms with Crippen LogP contribution >= 0.6 is 0 Å². The van der Waals surface area contributed by atoms with Crippen molar-refractivity contribution in [3.05, 3.63) is 90.1 Å². The fraction of sp³-hybridized carbons (Fsp3) is 0.258. The lowest BCUT2D eigenvalue weighted by atomic mass is 9.82. The third-order valence-electron chi connectivity index (χ3n) is 6.58. The Morgan fingerprint density at radius 1 is 0.606 bits per heavy atom. The molecule has 3 aromatic carbocycles. The van der Waals surface area contributed by atoms with Gasteiger partial charge in [-0.25, -0.2) is 0 Å². The minimum atomic E-state index is 0.0887. The predicted molar refractivity (Wildman–Crippen MR) is 142 cm³/mol. The highest BCUT2D eigenvalue weighted by molar-refractivity contribution is 6.12. The van der Waals surface area contributed by atoms with Gasteiger partial charge in [-0.15, -0.1) is 0 Å². The van der Waals surface area contributed by atoms with Crippen LogP contribution in [-0.2, 0) is 10.8 Å². The van der Waals surface area contributed by atoms with E-state index in [9.17, 15) is 0 Å². The Kier molecular flexibility index (Phi) is 4.93. The van der Waals surface area contributed by atoms with Crippen LogP contribution in [-0.4, -0.2) is 9.97 Å². The summed E-state index contributed by atoms with van der Waals surface area (Å²) < 4.78 is 0. The first-order chi connectivity index (χ1) is 15.6. The molecule has 2 nitrogen and oxygen atoms in total. The Bertz CT molecular complexity index is 1460. The number of aromatic amines is 1. The maximum Gasteiger partial charge on any atom is 0.0864 e. The minimum absolute atomic E-state index is 0.0887. The molecule has 0 aliphatic heterocycles. The lowest BCUT2D eigenvalue weighted by Crippen LogP contribution is -2.11. The van der Waals surface area contributed by atoms with Crippen molar-refractivity contribution in [1.82, 2.24) is 9.97 Å². The van der Waals surface area contributed by atoms with Gasteiger partial charge in [-0.05, 0) is 79.9 Å². The molecule has 0 fully saturated rings. The molecule has 0 aliphatic carbocycles. The number of hydrogen-bond acceptors (Lipinski definition) is 1. The zero-order valence-corrected chi connectivity index (χ0v) is 20.5. The van der Waals surface area contributed by atoms with Gasteiger partial charge in [0.2, 0.25) is 0 Å². The average Bonchev–Trinajstić information content (AvgIpc) is 3.26. The highest BCUT2D eigenvalue weighted by atomic mass is 14.8. The molecule has 33 heavy (non-hydrogen) atoms. The van der Waals surface area contributed by atoms with E-state index in [1.165, 1.54) is 38.2 Å². The monoisotopic (exact) mass is 432 g/mol. The summed E-state index contributed by atoms with van der Waals surface area (Å²) in [7, 11) is 0. The molecule has 0 saturated carbocycles. The lowest BCUT2D eigenvalue weighted by molar-refractivity contribution is 0.590. The Hall–Kier alpha value is -3.39. The molecule has 5 aromatic rings.